The molecule has 2 aromatic carbocycles. The number of aromatic nitrogens is 2. The van der Waals surface area contributed by atoms with Crippen molar-refractivity contribution >= 4 is 26.4 Å². The molecule has 170 valence electrons. The van der Waals surface area contributed by atoms with Gasteiger partial charge in [-0.25, -0.2) is 0 Å². The molecule has 0 spiro atoms. The van der Waals surface area contributed by atoms with Crippen LogP contribution in [0.2, 0.25) is 0 Å². The van der Waals surface area contributed by atoms with E-state index < -0.39 is 0 Å². The molecule has 2 heterocycles. The second-order valence-electron chi connectivity index (χ2n) is 5.94. The van der Waals surface area contributed by atoms with Crippen LogP contribution in [-0.2, 0) is 57.9 Å². The van der Waals surface area contributed by atoms with Crippen LogP contribution in [0.15, 0.2) is 54.6 Å². The van der Waals surface area contributed by atoms with E-state index in [-0.39, 0.29) is 0 Å². The summed E-state index contributed by atoms with van der Waals surface area (Å²) >= 11 is 3.08. The van der Waals surface area contributed by atoms with E-state index in [1.807, 2.05) is 0 Å². The monoisotopic (exact) mass is 494 g/mol. The number of hydrogen-bond acceptors (Lipinski definition) is 1. The molecule has 0 bridgehead atoms. The number of nitrogens with zero attached hydrogens (tertiary/aromatic N) is 2. The summed E-state index contributed by atoms with van der Waals surface area (Å²) in [5.74, 6) is 0. The number of hydrogen-bond donors (Lipinski definition) is 0. The number of rotatable bonds is 3. The molecular formula is C25H18CrN2O6. The Morgan fingerprint density at radius 3 is 1.71 bits per heavy atom. The zero-order valence-electron chi connectivity index (χ0n) is 18.4. The van der Waals surface area contributed by atoms with Crippen LogP contribution < -0.4 is 0 Å². The third-order valence-corrected chi connectivity index (χ3v) is 5.27. The SMILES string of the molecule is CO[C](=[Cr])c1c(-c2cc3ccccc3n2C)n(C)c2ccccc12.[C-]#[O+].[C-]#[O+].[C-]#[O+].[C-]#[O+].[C-]#[O+]. The summed E-state index contributed by atoms with van der Waals surface area (Å²) in [6, 6.07) is 19.1. The van der Waals surface area contributed by atoms with Crippen molar-refractivity contribution in [1.29, 1.82) is 0 Å². The van der Waals surface area contributed by atoms with Crippen molar-refractivity contribution < 1.29 is 43.8 Å². The Balaban J connectivity index is 0. The number of methoxy groups -OCH3 is 1. The molecule has 0 fully saturated rings. The first kappa shape index (κ1) is 32.8. The average Bonchev–Trinajstić information content (AvgIpc) is 3.43. The average molecular weight is 494 g/mol. The molecule has 0 N–H and O–H groups in total. The first-order chi connectivity index (χ1) is 16.6. The van der Waals surface area contributed by atoms with E-state index in [0.717, 1.165) is 15.8 Å². The molecule has 0 saturated heterocycles. The second-order valence-corrected chi connectivity index (χ2v) is 6.52. The van der Waals surface area contributed by atoms with Crippen LogP contribution in [0.4, 0.5) is 0 Å². The molecule has 4 aromatic rings. The van der Waals surface area contributed by atoms with Gasteiger partial charge in [-0.05, 0) is 0 Å². The van der Waals surface area contributed by atoms with Crippen LogP contribution >= 0.6 is 0 Å². The number of benzene rings is 2. The van der Waals surface area contributed by atoms with Crippen molar-refractivity contribution in [2.45, 2.75) is 0 Å². The molecule has 34 heavy (non-hydrogen) atoms. The van der Waals surface area contributed by atoms with Crippen LogP contribution in [0.1, 0.15) is 5.56 Å². The van der Waals surface area contributed by atoms with Gasteiger partial charge in [-0.3, -0.25) is 0 Å². The molecule has 0 unspecified atom stereocenters. The van der Waals surface area contributed by atoms with Crippen molar-refractivity contribution in [1.82, 2.24) is 9.13 Å². The van der Waals surface area contributed by atoms with E-state index in [4.69, 9.17) is 28.0 Å². The number of aryl methyl sites for hydroxylation is 2. The molecule has 0 saturated carbocycles. The second kappa shape index (κ2) is 18.1. The van der Waals surface area contributed by atoms with Gasteiger partial charge in [0, 0.05) is 0 Å². The van der Waals surface area contributed by atoms with Gasteiger partial charge in [0.05, 0.1) is 0 Å². The van der Waals surface area contributed by atoms with Crippen LogP contribution in [0.5, 0.6) is 0 Å². The summed E-state index contributed by atoms with van der Waals surface area (Å²) in [5.41, 5.74) is 5.86. The van der Waals surface area contributed by atoms with Gasteiger partial charge in [0.15, 0.2) is 0 Å². The van der Waals surface area contributed by atoms with Gasteiger partial charge >= 0.3 is 205 Å². The summed E-state index contributed by atoms with van der Waals surface area (Å²) in [6.45, 7) is 22.5. The Bertz CT molecular complexity index is 1290. The summed E-state index contributed by atoms with van der Waals surface area (Å²) in [6.07, 6.45) is 0. The van der Waals surface area contributed by atoms with Crippen molar-refractivity contribution in [3.05, 3.63) is 93.4 Å². The topological polar surface area (TPSA) is 119 Å². The van der Waals surface area contributed by atoms with Gasteiger partial charge in [0.25, 0.3) is 0 Å². The zero-order chi connectivity index (χ0) is 26.8. The Morgan fingerprint density at radius 2 is 1.21 bits per heavy atom. The molecule has 0 radical (unpaired) electrons. The standard InChI is InChI=1S/C20H18N2O.5CO.Cr/c1-21-17-10-6-4-8-14(17)12-19(21)20-16(13-23-3)15-9-5-7-11-18(15)22(20)2;5*1-2;/h4-12H,1-3H3;;;;;;. The maximum absolute atomic E-state index is 7.50. The first-order valence-electron chi connectivity index (χ1n) is 8.86. The van der Waals surface area contributed by atoms with Gasteiger partial charge in [-0.1, -0.05) is 0 Å². The van der Waals surface area contributed by atoms with Crippen LogP contribution in [-0.4, -0.2) is 20.8 Å². The molecule has 0 aliphatic rings. The van der Waals surface area contributed by atoms with E-state index in [1.165, 1.54) is 27.5 Å². The number of para-hydroxylation sites is 2. The first-order valence-corrected chi connectivity index (χ1v) is 9.50. The Kier molecular flexibility index (Phi) is 17.4. The van der Waals surface area contributed by atoms with Gasteiger partial charge < -0.3 is 0 Å². The van der Waals surface area contributed by atoms with Crippen molar-refractivity contribution in [3.8, 4) is 11.4 Å². The predicted molar refractivity (Wildman–Crippen MR) is 116 cm³/mol. The Hall–Kier alpha value is -3.42. The summed E-state index contributed by atoms with van der Waals surface area (Å²) in [4.78, 5) is 0. The van der Waals surface area contributed by atoms with Crippen LogP contribution in [0.3, 0.4) is 0 Å². The molecule has 0 aliphatic carbocycles. The van der Waals surface area contributed by atoms with E-state index in [0.29, 0.717) is 0 Å². The molecule has 2 aromatic heterocycles. The minimum atomic E-state index is 0.812. The van der Waals surface area contributed by atoms with E-state index in [1.54, 1.807) is 7.11 Å². The molecule has 0 atom stereocenters. The van der Waals surface area contributed by atoms with Crippen LogP contribution in [0.25, 0.3) is 33.2 Å². The fraction of sp³-hybridized carbons (Fsp3) is 0.120. The molecule has 0 aliphatic heterocycles. The van der Waals surface area contributed by atoms with Crippen molar-refractivity contribution in [2.24, 2.45) is 14.1 Å². The summed E-state index contributed by atoms with van der Waals surface area (Å²) in [7, 11) is 5.94. The van der Waals surface area contributed by atoms with Crippen molar-refractivity contribution in [2.75, 3.05) is 7.11 Å². The Labute approximate surface area is 205 Å². The van der Waals surface area contributed by atoms with Gasteiger partial charge in [-0.15, -0.1) is 0 Å². The van der Waals surface area contributed by atoms with Crippen molar-refractivity contribution in [3.63, 3.8) is 0 Å². The molecule has 0 amide bonds. The molecule has 4 rings (SSSR count). The fourth-order valence-electron chi connectivity index (χ4n) is 3.52. The number of fused-ring (bicyclic) bond motifs is 2. The quantitative estimate of drug-likeness (QED) is 0.312. The van der Waals surface area contributed by atoms with Crippen LogP contribution in [0, 0.1) is 33.3 Å². The Morgan fingerprint density at radius 1 is 0.735 bits per heavy atom. The van der Waals surface area contributed by atoms with E-state index >= 15 is 0 Å². The van der Waals surface area contributed by atoms with Gasteiger partial charge in [0.1, 0.15) is 0 Å². The van der Waals surface area contributed by atoms with Gasteiger partial charge in [0.2, 0.25) is 0 Å². The summed E-state index contributed by atoms with van der Waals surface area (Å²) in [5, 5.41) is 2.43. The van der Waals surface area contributed by atoms with Gasteiger partial charge in [-0.2, -0.15) is 0 Å². The third-order valence-electron chi connectivity index (χ3n) is 4.69. The maximum atomic E-state index is 7.50. The zero-order valence-corrected chi connectivity index (χ0v) is 19.7. The third kappa shape index (κ3) is 6.79. The van der Waals surface area contributed by atoms with E-state index in [9.17, 15) is 0 Å². The molecule has 9 heteroatoms. The molecule has 8 nitrogen and oxygen atoms in total. The molecular weight excluding hydrogens is 476 g/mol. The predicted octanol–water partition coefficient (Wildman–Crippen LogP) is 3.82. The minimum absolute atomic E-state index is 0.812. The summed E-state index contributed by atoms with van der Waals surface area (Å²) < 4.78 is 48.4. The van der Waals surface area contributed by atoms with E-state index in [2.05, 4.69) is 127 Å². The number of ether oxygens (including phenoxy) is 1. The normalized spacial score (nSPS) is 8.38. The fourth-order valence-corrected chi connectivity index (χ4v) is 3.84.